The van der Waals surface area contributed by atoms with Gasteiger partial charge < -0.3 is 10.4 Å². The Kier molecular flexibility index (Phi) is 7.93. The zero-order valence-corrected chi connectivity index (χ0v) is 17.7. The van der Waals surface area contributed by atoms with Gasteiger partial charge in [-0.1, -0.05) is 68.4 Å². The molecule has 2 aromatic carbocycles. The molecule has 5 nitrogen and oxygen atoms in total. The van der Waals surface area contributed by atoms with Crippen LogP contribution in [0.5, 0.6) is 0 Å². The van der Waals surface area contributed by atoms with Crippen LogP contribution in [0.1, 0.15) is 36.5 Å². The summed E-state index contributed by atoms with van der Waals surface area (Å²) in [6, 6.07) is 17.0. The van der Waals surface area contributed by atoms with Crippen LogP contribution in [-0.2, 0) is 21.1 Å². The molecule has 0 aliphatic carbocycles. The minimum Gasteiger partial charge on any atom is -0.400 e. The quantitative estimate of drug-likeness (QED) is 0.737. The molecule has 1 atom stereocenters. The second-order valence-corrected chi connectivity index (χ2v) is 8.29. The second kappa shape index (κ2) is 10.2. The van der Waals surface area contributed by atoms with Crippen molar-refractivity contribution in [2.24, 2.45) is 0 Å². The normalized spacial score (nSPS) is 18.8. The van der Waals surface area contributed by atoms with Crippen molar-refractivity contribution in [1.29, 1.82) is 0 Å². The Morgan fingerprint density at radius 1 is 1.00 bits per heavy atom. The number of aryl methyl sites for hydroxylation is 1. The zero-order valence-electron chi connectivity index (χ0n) is 16.9. The molecule has 2 aliphatic rings. The van der Waals surface area contributed by atoms with Gasteiger partial charge >= 0.3 is 0 Å². The number of aldehydes is 1. The molecule has 6 heteroatoms. The first-order valence-corrected chi connectivity index (χ1v) is 11.2. The van der Waals surface area contributed by atoms with Gasteiger partial charge in [-0.25, -0.2) is 8.42 Å². The monoisotopic (exact) mass is 413 g/mol. The summed E-state index contributed by atoms with van der Waals surface area (Å²) in [5, 5.41) is 10.1. The van der Waals surface area contributed by atoms with Gasteiger partial charge in [0.2, 0.25) is 0 Å². The number of benzene rings is 2. The predicted octanol–water partition coefficient (Wildman–Crippen LogP) is 3.43. The summed E-state index contributed by atoms with van der Waals surface area (Å²) in [7, 11) is -2.51. The molecule has 0 bridgehead atoms. The molecule has 0 radical (unpaired) electrons. The predicted molar refractivity (Wildman–Crippen MR) is 117 cm³/mol. The fourth-order valence-corrected chi connectivity index (χ4v) is 5.40. The topological polar surface area (TPSA) is 83.5 Å². The highest BCUT2D eigenvalue weighted by Crippen LogP contribution is 2.43. The maximum atomic E-state index is 13.1. The van der Waals surface area contributed by atoms with Gasteiger partial charge in [0.15, 0.2) is 9.84 Å². The summed E-state index contributed by atoms with van der Waals surface area (Å²) in [4.78, 5) is 11.9. The van der Waals surface area contributed by atoms with Gasteiger partial charge in [0.25, 0.3) is 0 Å². The lowest BCUT2D eigenvalue weighted by Crippen LogP contribution is -2.26. The van der Waals surface area contributed by atoms with E-state index in [0.29, 0.717) is 22.6 Å². The van der Waals surface area contributed by atoms with Crippen LogP contribution in [0.4, 0.5) is 0 Å². The lowest BCUT2D eigenvalue weighted by molar-refractivity contribution is -0.105. The number of aliphatic hydroxyl groups excluding tert-OH is 1. The number of aliphatic hydroxyl groups is 1. The molecule has 0 fully saturated rings. The fraction of sp³-hybridized carbons (Fsp3) is 0.261. The fourth-order valence-electron chi connectivity index (χ4n) is 3.58. The Hall–Kier alpha value is -2.70. The number of fused-ring (bicyclic) bond motifs is 2. The molecule has 0 aromatic heterocycles. The number of carbonyl (C=O) groups is 1. The van der Waals surface area contributed by atoms with E-state index in [0.717, 1.165) is 30.1 Å². The van der Waals surface area contributed by atoms with Crippen molar-refractivity contribution in [2.45, 2.75) is 26.2 Å². The van der Waals surface area contributed by atoms with Crippen LogP contribution in [0.15, 0.2) is 71.3 Å². The minimum atomic E-state index is -3.51. The number of nitrogens with one attached hydrogen (secondary N) is 1. The van der Waals surface area contributed by atoms with Crippen molar-refractivity contribution >= 4 is 21.8 Å². The van der Waals surface area contributed by atoms with Crippen LogP contribution in [0.25, 0.3) is 5.70 Å². The lowest BCUT2D eigenvalue weighted by atomic mass is 9.87. The molecule has 2 aromatic rings. The number of carbonyl (C=O) groups excluding carboxylic acids is 1. The summed E-state index contributed by atoms with van der Waals surface area (Å²) in [6.45, 7) is 4.00. The number of hydrogen-bond donors (Lipinski definition) is 2. The second-order valence-electron chi connectivity index (χ2n) is 6.22. The summed E-state index contributed by atoms with van der Waals surface area (Å²) >= 11 is 0. The average Bonchev–Trinajstić information content (AvgIpc) is 2.91. The molecule has 29 heavy (non-hydrogen) atoms. The van der Waals surface area contributed by atoms with E-state index in [1.807, 2.05) is 68.4 Å². The molecule has 4 rings (SSSR count). The largest absolute Gasteiger partial charge is 0.400 e. The first-order chi connectivity index (χ1) is 14.1. The molecule has 0 amide bonds. The van der Waals surface area contributed by atoms with Gasteiger partial charge in [-0.15, -0.1) is 0 Å². The molecule has 0 spiro atoms. The van der Waals surface area contributed by atoms with Crippen molar-refractivity contribution in [1.82, 2.24) is 5.32 Å². The van der Waals surface area contributed by atoms with Crippen LogP contribution in [-0.4, -0.2) is 32.7 Å². The minimum absolute atomic E-state index is 0.0417. The summed E-state index contributed by atoms with van der Waals surface area (Å²) in [6.07, 6.45) is 2.83. The number of allylic oxidation sites excluding steroid dienone is 2. The van der Waals surface area contributed by atoms with Crippen molar-refractivity contribution in [3.8, 4) is 0 Å². The van der Waals surface area contributed by atoms with Gasteiger partial charge in [0, 0.05) is 24.4 Å². The van der Waals surface area contributed by atoms with E-state index in [-0.39, 0.29) is 5.75 Å². The van der Waals surface area contributed by atoms with Gasteiger partial charge in [0.1, 0.15) is 6.29 Å². The number of hydrogen-bond acceptors (Lipinski definition) is 5. The zero-order chi connectivity index (χ0) is 21.4. The summed E-state index contributed by atoms with van der Waals surface area (Å²) in [5.41, 5.74) is 3.71. The lowest BCUT2D eigenvalue weighted by Gasteiger charge is -2.28. The van der Waals surface area contributed by atoms with Crippen LogP contribution >= 0.6 is 0 Å². The third-order valence-electron chi connectivity index (χ3n) is 4.76. The van der Waals surface area contributed by atoms with E-state index in [4.69, 9.17) is 5.11 Å². The van der Waals surface area contributed by atoms with E-state index in [1.54, 1.807) is 6.20 Å². The van der Waals surface area contributed by atoms with Gasteiger partial charge in [-0.05, 0) is 17.5 Å². The molecular weight excluding hydrogens is 386 g/mol. The van der Waals surface area contributed by atoms with Crippen LogP contribution in [0, 0.1) is 0 Å². The van der Waals surface area contributed by atoms with E-state index in [2.05, 4.69) is 5.32 Å². The van der Waals surface area contributed by atoms with Gasteiger partial charge in [-0.3, -0.25) is 4.79 Å². The molecule has 2 N–H and O–H groups in total. The first-order valence-electron chi connectivity index (χ1n) is 9.58. The van der Waals surface area contributed by atoms with Crippen molar-refractivity contribution in [3.63, 3.8) is 0 Å². The highest BCUT2D eigenvalue weighted by molar-refractivity contribution is 7.95. The Bertz CT molecular complexity index is 1010. The molecule has 1 unspecified atom stereocenters. The highest BCUT2D eigenvalue weighted by Gasteiger charge is 2.38. The van der Waals surface area contributed by atoms with E-state index in [1.165, 1.54) is 0 Å². The van der Waals surface area contributed by atoms with Crippen molar-refractivity contribution in [2.75, 3.05) is 12.9 Å². The Morgan fingerprint density at radius 3 is 2.28 bits per heavy atom. The van der Waals surface area contributed by atoms with E-state index in [9.17, 15) is 13.2 Å². The number of dihydropyridines is 1. The first kappa shape index (κ1) is 22.6. The average molecular weight is 414 g/mol. The maximum absolute atomic E-state index is 13.1. The molecule has 2 heterocycles. The standard InChI is InChI=1S/C20H17NO3S.C2H6.CH4O/c22-13-16-12-21-19-17-9-5-4-6-14(17)10-11-25(23,24)20(19)18(16)15-7-2-1-3-8-15;2*1-2/h1-9,12-13,18,21H,10-11H2;1-2H3;2H,1H3. The van der Waals surface area contributed by atoms with Crippen molar-refractivity contribution < 1.29 is 18.3 Å². The highest BCUT2D eigenvalue weighted by atomic mass is 32.2. The van der Waals surface area contributed by atoms with Crippen molar-refractivity contribution in [3.05, 3.63) is 88.0 Å². The van der Waals surface area contributed by atoms with Crippen LogP contribution in [0.2, 0.25) is 0 Å². The Morgan fingerprint density at radius 2 is 1.62 bits per heavy atom. The third-order valence-corrected chi connectivity index (χ3v) is 6.61. The van der Waals surface area contributed by atoms with Gasteiger partial charge in [0.05, 0.1) is 22.3 Å². The molecule has 0 saturated carbocycles. The van der Waals surface area contributed by atoms with Gasteiger partial charge in [-0.2, -0.15) is 0 Å². The smallest absolute Gasteiger partial charge is 0.177 e. The molecule has 2 aliphatic heterocycles. The maximum Gasteiger partial charge on any atom is 0.177 e. The summed E-state index contributed by atoms with van der Waals surface area (Å²) in [5.74, 6) is -0.536. The molecular formula is C23H27NO4S. The van der Waals surface area contributed by atoms with E-state index >= 15 is 0 Å². The van der Waals surface area contributed by atoms with Crippen LogP contribution < -0.4 is 5.32 Å². The SMILES string of the molecule is CC.CO.O=CC1=CNC2=C(C1c1ccccc1)S(=O)(=O)CCc1ccccc12. The van der Waals surface area contributed by atoms with Crippen LogP contribution in [0.3, 0.4) is 0 Å². The Labute approximate surface area is 172 Å². The molecule has 0 saturated heterocycles. The third kappa shape index (κ3) is 4.49. The number of sulfone groups is 1. The number of rotatable bonds is 2. The molecule has 154 valence electrons. The Balaban J connectivity index is 0.000000707. The van der Waals surface area contributed by atoms with E-state index < -0.39 is 15.8 Å². The summed E-state index contributed by atoms with van der Waals surface area (Å²) < 4.78 is 26.2.